The molecule has 1 aliphatic rings. The maximum absolute atomic E-state index is 10.8. The molecule has 0 radical (unpaired) electrons. The summed E-state index contributed by atoms with van der Waals surface area (Å²) in [5, 5.41) is 3.81. The largest absolute Gasteiger partial charge is 0.377 e. The fourth-order valence-electron chi connectivity index (χ4n) is 1.19. The van der Waals surface area contributed by atoms with Crippen LogP contribution < -0.4 is 5.32 Å². The van der Waals surface area contributed by atoms with Crippen molar-refractivity contribution in [1.29, 1.82) is 0 Å². The average molecular weight is 225 g/mol. The third-order valence-corrected chi connectivity index (χ3v) is 2.65. The Balaban J connectivity index is 2.20. The summed E-state index contributed by atoms with van der Waals surface area (Å²) in [4.78, 5) is 19.0. The third-order valence-electron chi connectivity index (χ3n) is 2.08. The topological polar surface area (TPSA) is 64.1 Å². The average Bonchev–Trinajstić information content (AvgIpc) is 2.23. The van der Waals surface area contributed by atoms with Crippen molar-refractivity contribution in [3.63, 3.8) is 0 Å². The van der Waals surface area contributed by atoms with Crippen LogP contribution in [0.3, 0.4) is 0 Å². The summed E-state index contributed by atoms with van der Waals surface area (Å²) >= 11 is 1.45. The lowest BCUT2D eigenvalue weighted by Gasteiger charge is -2.27. The van der Waals surface area contributed by atoms with Gasteiger partial charge in [0.1, 0.15) is 5.82 Å². The lowest BCUT2D eigenvalue weighted by Crippen LogP contribution is -2.40. The number of hydrogen-bond acceptors (Lipinski definition) is 6. The first kappa shape index (κ1) is 10.4. The molecule has 1 saturated heterocycles. The Kier molecular flexibility index (Phi) is 3.17. The zero-order valence-electron chi connectivity index (χ0n) is 8.27. The van der Waals surface area contributed by atoms with E-state index in [4.69, 9.17) is 4.74 Å². The molecular weight excluding hydrogens is 214 g/mol. The molecule has 2 heterocycles. The molecule has 80 valence electrons. The van der Waals surface area contributed by atoms with E-state index >= 15 is 0 Å². The SMILES string of the molecule is CSc1ncc(C=O)c(NC2COC2)n1. The number of ether oxygens (including phenoxy) is 1. The second-order valence-corrected chi connectivity index (χ2v) is 3.93. The summed E-state index contributed by atoms with van der Waals surface area (Å²) in [7, 11) is 0. The molecule has 1 aromatic heterocycles. The van der Waals surface area contributed by atoms with Gasteiger partial charge in [-0.25, -0.2) is 9.97 Å². The van der Waals surface area contributed by atoms with Gasteiger partial charge in [0.15, 0.2) is 11.4 Å². The van der Waals surface area contributed by atoms with Gasteiger partial charge in [0.25, 0.3) is 0 Å². The highest BCUT2D eigenvalue weighted by atomic mass is 32.2. The Morgan fingerprint density at radius 2 is 2.47 bits per heavy atom. The summed E-state index contributed by atoms with van der Waals surface area (Å²) in [5.41, 5.74) is 0.486. The Hall–Kier alpha value is -1.14. The van der Waals surface area contributed by atoms with Gasteiger partial charge in [-0.3, -0.25) is 4.79 Å². The number of carbonyl (C=O) groups excluding carboxylic acids is 1. The molecule has 0 spiro atoms. The minimum absolute atomic E-state index is 0.258. The van der Waals surface area contributed by atoms with Crippen LogP contribution in [0.25, 0.3) is 0 Å². The van der Waals surface area contributed by atoms with Crippen LogP contribution >= 0.6 is 11.8 Å². The highest BCUT2D eigenvalue weighted by Crippen LogP contribution is 2.17. The van der Waals surface area contributed by atoms with Crippen molar-refractivity contribution in [2.24, 2.45) is 0 Å². The molecule has 15 heavy (non-hydrogen) atoms. The first-order valence-electron chi connectivity index (χ1n) is 4.54. The fraction of sp³-hybridized carbons (Fsp3) is 0.444. The number of thioether (sulfide) groups is 1. The Morgan fingerprint density at radius 1 is 1.67 bits per heavy atom. The number of aldehydes is 1. The molecule has 1 fully saturated rings. The zero-order valence-corrected chi connectivity index (χ0v) is 9.08. The van der Waals surface area contributed by atoms with Crippen LogP contribution in [0.1, 0.15) is 10.4 Å². The molecule has 1 aliphatic heterocycles. The van der Waals surface area contributed by atoms with Crippen molar-refractivity contribution in [3.05, 3.63) is 11.8 Å². The van der Waals surface area contributed by atoms with E-state index in [-0.39, 0.29) is 6.04 Å². The molecule has 2 rings (SSSR count). The molecule has 0 amide bonds. The minimum Gasteiger partial charge on any atom is -0.377 e. The summed E-state index contributed by atoms with van der Waals surface area (Å²) in [6, 6.07) is 0.258. The molecular formula is C9H11N3O2S. The van der Waals surface area contributed by atoms with Crippen LogP contribution in [0.15, 0.2) is 11.4 Å². The first-order chi connectivity index (χ1) is 7.33. The number of nitrogens with one attached hydrogen (secondary N) is 1. The smallest absolute Gasteiger partial charge is 0.189 e. The van der Waals surface area contributed by atoms with E-state index in [2.05, 4.69) is 15.3 Å². The van der Waals surface area contributed by atoms with Gasteiger partial charge in [-0.1, -0.05) is 11.8 Å². The number of carbonyl (C=O) groups is 1. The maximum Gasteiger partial charge on any atom is 0.189 e. The Labute approximate surface area is 91.6 Å². The second-order valence-electron chi connectivity index (χ2n) is 3.16. The molecule has 0 bridgehead atoms. The summed E-state index contributed by atoms with van der Waals surface area (Å²) < 4.78 is 5.04. The Morgan fingerprint density at radius 3 is 3.00 bits per heavy atom. The predicted octanol–water partition coefficient (Wildman–Crippen LogP) is 0.822. The summed E-state index contributed by atoms with van der Waals surface area (Å²) in [5.74, 6) is 0.595. The number of hydrogen-bond donors (Lipinski definition) is 1. The van der Waals surface area contributed by atoms with Crippen LogP contribution in [0.5, 0.6) is 0 Å². The quantitative estimate of drug-likeness (QED) is 0.465. The van der Waals surface area contributed by atoms with E-state index in [1.165, 1.54) is 18.0 Å². The van der Waals surface area contributed by atoms with Gasteiger partial charge < -0.3 is 10.1 Å². The first-order valence-corrected chi connectivity index (χ1v) is 5.76. The van der Waals surface area contributed by atoms with Gasteiger partial charge in [0, 0.05) is 6.20 Å². The lowest BCUT2D eigenvalue weighted by atomic mass is 10.2. The normalized spacial score (nSPS) is 15.8. The van der Waals surface area contributed by atoms with Crippen LogP contribution in [-0.2, 0) is 4.74 Å². The van der Waals surface area contributed by atoms with Crippen molar-refractivity contribution < 1.29 is 9.53 Å². The highest BCUT2D eigenvalue weighted by molar-refractivity contribution is 7.98. The highest BCUT2D eigenvalue weighted by Gasteiger charge is 2.20. The number of aromatic nitrogens is 2. The molecule has 6 heteroatoms. The van der Waals surface area contributed by atoms with Crippen molar-refractivity contribution in [2.75, 3.05) is 24.8 Å². The monoisotopic (exact) mass is 225 g/mol. The molecule has 1 aromatic rings. The molecule has 0 aliphatic carbocycles. The van der Waals surface area contributed by atoms with Gasteiger partial charge in [-0.15, -0.1) is 0 Å². The molecule has 5 nitrogen and oxygen atoms in total. The van der Waals surface area contributed by atoms with Crippen LogP contribution in [0, 0.1) is 0 Å². The summed E-state index contributed by atoms with van der Waals surface area (Å²) in [6.07, 6.45) is 4.19. The van der Waals surface area contributed by atoms with Crippen molar-refractivity contribution in [3.8, 4) is 0 Å². The standard InChI is InChI=1S/C9H11N3O2S/c1-15-9-10-2-6(3-13)8(12-9)11-7-4-14-5-7/h2-3,7H,4-5H2,1H3,(H,10,11,12). The van der Waals surface area contributed by atoms with Crippen molar-refractivity contribution in [2.45, 2.75) is 11.2 Å². The van der Waals surface area contributed by atoms with E-state index in [9.17, 15) is 4.79 Å². The van der Waals surface area contributed by atoms with Crippen LogP contribution in [0.2, 0.25) is 0 Å². The predicted molar refractivity (Wildman–Crippen MR) is 57.4 cm³/mol. The van der Waals surface area contributed by atoms with E-state index in [0.29, 0.717) is 29.8 Å². The van der Waals surface area contributed by atoms with Crippen LogP contribution in [0.4, 0.5) is 5.82 Å². The molecule has 1 N–H and O–H groups in total. The molecule has 0 unspecified atom stereocenters. The number of rotatable bonds is 4. The number of anilines is 1. The zero-order chi connectivity index (χ0) is 10.7. The van der Waals surface area contributed by atoms with E-state index in [1.54, 1.807) is 0 Å². The summed E-state index contributed by atoms with van der Waals surface area (Å²) in [6.45, 7) is 1.33. The number of nitrogens with zero attached hydrogens (tertiary/aromatic N) is 2. The van der Waals surface area contributed by atoms with E-state index in [1.807, 2.05) is 6.26 Å². The molecule has 0 aromatic carbocycles. The van der Waals surface area contributed by atoms with E-state index < -0.39 is 0 Å². The van der Waals surface area contributed by atoms with Crippen molar-refractivity contribution >= 4 is 23.9 Å². The van der Waals surface area contributed by atoms with Gasteiger partial charge in [0.2, 0.25) is 0 Å². The van der Waals surface area contributed by atoms with Gasteiger partial charge in [0.05, 0.1) is 24.8 Å². The molecule has 0 atom stereocenters. The van der Waals surface area contributed by atoms with Gasteiger partial charge in [-0.05, 0) is 6.26 Å². The Bertz CT molecular complexity index is 368. The van der Waals surface area contributed by atoms with Gasteiger partial charge in [-0.2, -0.15) is 0 Å². The van der Waals surface area contributed by atoms with Gasteiger partial charge >= 0.3 is 0 Å². The maximum atomic E-state index is 10.8. The second kappa shape index (κ2) is 4.59. The lowest BCUT2D eigenvalue weighted by molar-refractivity contribution is 0.0209. The van der Waals surface area contributed by atoms with Crippen molar-refractivity contribution in [1.82, 2.24) is 9.97 Å². The minimum atomic E-state index is 0.258. The third kappa shape index (κ3) is 2.27. The van der Waals surface area contributed by atoms with E-state index in [0.717, 1.165) is 6.29 Å². The fourth-order valence-corrected chi connectivity index (χ4v) is 1.53. The van der Waals surface area contributed by atoms with Crippen LogP contribution in [-0.4, -0.2) is 41.8 Å². The molecule has 0 saturated carbocycles.